The van der Waals surface area contributed by atoms with E-state index in [1.807, 2.05) is 12.1 Å². The Hall–Kier alpha value is -0.450. The minimum absolute atomic E-state index is 0.150. The quantitative estimate of drug-likeness (QED) is 0.757. The van der Waals surface area contributed by atoms with Crippen molar-refractivity contribution < 1.29 is 4.39 Å². The third-order valence-corrected chi connectivity index (χ3v) is 3.36. The molecule has 17 heavy (non-hydrogen) atoms. The fourth-order valence-electron chi connectivity index (χ4n) is 1.70. The number of halogens is 2. The highest BCUT2D eigenvalue weighted by molar-refractivity contribution is 9.10. The van der Waals surface area contributed by atoms with Gasteiger partial charge in [0.1, 0.15) is 5.82 Å². The first-order valence-electron chi connectivity index (χ1n) is 6.14. The van der Waals surface area contributed by atoms with E-state index >= 15 is 0 Å². The second-order valence-electron chi connectivity index (χ2n) is 4.49. The summed E-state index contributed by atoms with van der Waals surface area (Å²) in [5.74, 6) is -0.150. The van der Waals surface area contributed by atoms with Gasteiger partial charge in [-0.1, -0.05) is 22.0 Å². The predicted octanol–water partition coefficient (Wildman–Crippen LogP) is 2.82. The van der Waals surface area contributed by atoms with E-state index in [1.54, 1.807) is 0 Å². The van der Waals surface area contributed by atoms with Gasteiger partial charge in [0.15, 0.2) is 0 Å². The molecular formula is C13H18BrFN2. The lowest BCUT2D eigenvalue weighted by atomic mass is 10.2. The van der Waals surface area contributed by atoms with Crippen molar-refractivity contribution in [3.05, 3.63) is 34.1 Å². The Balaban J connectivity index is 1.60. The van der Waals surface area contributed by atoms with Gasteiger partial charge in [0.25, 0.3) is 0 Å². The Kier molecular flexibility index (Phi) is 4.95. The smallest absolute Gasteiger partial charge is 0.128 e. The zero-order valence-corrected chi connectivity index (χ0v) is 11.4. The standard InChI is InChI=1S/C13H18BrFN2/c14-11-3-2-10(13(15)8-11)9-16-6-1-7-17-12-4-5-12/h2-3,8,12,16-17H,1,4-7,9H2. The fourth-order valence-corrected chi connectivity index (χ4v) is 2.03. The van der Waals surface area contributed by atoms with E-state index in [4.69, 9.17) is 0 Å². The highest BCUT2D eigenvalue weighted by Gasteiger charge is 2.19. The van der Waals surface area contributed by atoms with Crippen molar-refractivity contribution in [2.45, 2.75) is 31.8 Å². The van der Waals surface area contributed by atoms with Gasteiger partial charge in [-0.15, -0.1) is 0 Å². The molecule has 0 bridgehead atoms. The molecule has 0 spiro atoms. The van der Waals surface area contributed by atoms with Crippen molar-refractivity contribution >= 4 is 15.9 Å². The van der Waals surface area contributed by atoms with Crippen LogP contribution in [-0.4, -0.2) is 19.1 Å². The summed E-state index contributed by atoms with van der Waals surface area (Å²) in [5.41, 5.74) is 0.725. The van der Waals surface area contributed by atoms with E-state index in [0.717, 1.165) is 35.6 Å². The molecule has 2 nitrogen and oxygen atoms in total. The van der Waals surface area contributed by atoms with Crippen LogP contribution in [-0.2, 0) is 6.54 Å². The molecule has 0 radical (unpaired) electrons. The van der Waals surface area contributed by atoms with Crippen molar-refractivity contribution in [1.29, 1.82) is 0 Å². The topological polar surface area (TPSA) is 24.1 Å². The van der Waals surface area contributed by atoms with Gasteiger partial charge in [0, 0.05) is 22.6 Å². The molecule has 0 heterocycles. The summed E-state index contributed by atoms with van der Waals surface area (Å²) in [5, 5.41) is 6.71. The fraction of sp³-hybridized carbons (Fsp3) is 0.538. The monoisotopic (exact) mass is 300 g/mol. The maximum Gasteiger partial charge on any atom is 0.128 e. The lowest BCUT2D eigenvalue weighted by Crippen LogP contribution is -2.23. The van der Waals surface area contributed by atoms with Crippen LogP contribution in [0.3, 0.4) is 0 Å². The van der Waals surface area contributed by atoms with Gasteiger partial charge < -0.3 is 10.6 Å². The van der Waals surface area contributed by atoms with Crippen molar-refractivity contribution in [2.24, 2.45) is 0 Å². The molecule has 2 N–H and O–H groups in total. The summed E-state index contributed by atoms with van der Waals surface area (Å²) in [6.07, 6.45) is 3.75. The van der Waals surface area contributed by atoms with Gasteiger partial charge >= 0.3 is 0 Å². The second kappa shape index (κ2) is 6.47. The third-order valence-electron chi connectivity index (χ3n) is 2.87. The predicted molar refractivity (Wildman–Crippen MR) is 71.4 cm³/mol. The van der Waals surface area contributed by atoms with Crippen molar-refractivity contribution in [1.82, 2.24) is 10.6 Å². The normalized spacial score (nSPS) is 15.2. The molecule has 0 aromatic heterocycles. The van der Waals surface area contributed by atoms with Crippen molar-refractivity contribution in [3.63, 3.8) is 0 Å². The van der Waals surface area contributed by atoms with Crippen LogP contribution in [0, 0.1) is 5.82 Å². The summed E-state index contributed by atoms with van der Waals surface area (Å²) in [4.78, 5) is 0. The molecule has 1 aliphatic rings. The maximum atomic E-state index is 13.5. The number of nitrogens with one attached hydrogen (secondary N) is 2. The average molecular weight is 301 g/mol. The average Bonchev–Trinajstić information content (AvgIpc) is 3.09. The Morgan fingerprint density at radius 3 is 2.82 bits per heavy atom. The first-order valence-corrected chi connectivity index (χ1v) is 6.93. The molecule has 1 fully saturated rings. The molecule has 0 unspecified atom stereocenters. The Morgan fingerprint density at radius 1 is 1.29 bits per heavy atom. The molecule has 2 rings (SSSR count). The molecule has 1 aromatic carbocycles. The van der Waals surface area contributed by atoms with Crippen LogP contribution in [0.15, 0.2) is 22.7 Å². The van der Waals surface area contributed by atoms with Crippen LogP contribution >= 0.6 is 15.9 Å². The van der Waals surface area contributed by atoms with Crippen LogP contribution in [0.1, 0.15) is 24.8 Å². The van der Waals surface area contributed by atoms with Gasteiger partial charge in [-0.05, 0) is 44.5 Å². The van der Waals surface area contributed by atoms with Crippen LogP contribution < -0.4 is 10.6 Å². The van der Waals surface area contributed by atoms with E-state index in [1.165, 1.54) is 18.9 Å². The summed E-state index contributed by atoms with van der Waals surface area (Å²) in [7, 11) is 0. The summed E-state index contributed by atoms with van der Waals surface area (Å²) in [6, 6.07) is 5.97. The van der Waals surface area contributed by atoms with Crippen LogP contribution in [0.25, 0.3) is 0 Å². The van der Waals surface area contributed by atoms with Gasteiger partial charge in [0.2, 0.25) is 0 Å². The first-order chi connectivity index (χ1) is 8.25. The van der Waals surface area contributed by atoms with Crippen molar-refractivity contribution in [2.75, 3.05) is 13.1 Å². The number of rotatable bonds is 7. The zero-order valence-electron chi connectivity index (χ0n) is 9.81. The van der Waals surface area contributed by atoms with E-state index in [-0.39, 0.29) is 5.82 Å². The SMILES string of the molecule is Fc1cc(Br)ccc1CNCCCNC1CC1. The van der Waals surface area contributed by atoms with E-state index < -0.39 is 0 Å². The molecular weight excluding hydrogens is 283 g/mol. The van der Waals surface area contributed by atoms with Gasteiger partial charge in [-0.3, -0.25) is 0 Å². The van der Waals surface area contributed by atoms with E-state index in [2.05, 4.69) is 26.6 Å². The minimum atomic E-state index is -0.150. The lowest BCUT2D eigenvalue weighted by Gasteiger charge is -2.07. The summed E-state index contributed by atoms with van der Waals surface area (Å²) < 4.78 is 14.2. The molecule has 0 amide bonds. The van der Waals surface area contributed by atoms with Gasteiger partial charge in [0.05, 0.1) is 0 Å². The van der Waals surface area contributed by atoms with Crippen LogP contribution in [0.2, 0.25) is 0 Å². The first kappa shape index (κ1) is 13.0. The number of benzene rings is 1. The molecule has 1 saturated carbocycles. The third kappa shape index (κ3) is 4.74. The van der Waals surface area contributed by atoms with E-state index in [0.29, 0.717) is 6.54 Å². The second-order valence-corrected chi connectivity index (χ2v) is 5.41. The Bertz CT molecular complexity index is 366. The maximum absolute atomic E-state index is 13.5. The molecule has 94 valence electrons. The number of hydrogen-bond acceptors (Lipinski definition) is 2. The summed E-state index contributed by atoms with van der Waals surface area (Å²) in [6.45, 7) is 2.58. The summed E-state index contributed by atoms with van der Waals surface area (Å²) >= 11 is 3.25. The van der Waals surface area contributed by atoms with Gasteiger partial charge in [-0.25, -0.2) is 4.39 Å². The lowest BCUT2D eigenvalue weighted by molar-refractivity contribution is 0.566. The molecule has 1 aromatic rings. The van der Waals surface area contributed by atoms with Crippen LogP contribution in [0.5, 0.6) is 0 Å². The van der Waals surface area contributed by atoms with E-state index in [9.17, 15) is 4.39 Å². The van der Waals surface area contributed by atoms with Crippen molar-refractivity contribution in [3.8, 4) is 0 Å². The largest absolute Gasteiger partial charge is 0.314 e. The highest BCUT2D eigenvalue weighted by atomic mass is 79.9. The molecule has 0 aliphatic heterocycles. The molecule has 4 heteroatoms. The minimum Gasteiger partial charge on any atom is -0.314 e. The Morgan fingerprint density at radius 2 is 2.12 bits per heavy atom. The molecule has 1 aliphatic carbocycles. The Labute approximate surface area is 110 Å². The number of hydrogen-bond donors (Lipinski definition) is 2. The highest BCUT2D eigenvalue weighted by Crippen LogP contribution is 2.18. The van der Waals surface area contributed by atoms with Crippen LogP contribution in [0.4, 0.5) is 4.39 Å². The molecule has 0 atom stereocenters. The zero-order chi connectivity index (χ0) is 12.1. The van der Waals surface area contributed by atoms with Gasteiger partial charge in [-0.2, -0.15) is 0 Å². The molecule has 0 saturated heterocycles.